The van der Waals surface area contributed by atoms with E-state index in [2.05, 4.69) is 4.98 Å². The van der Waals surface area contributed by atoms with Crippen LogP contribution in [0.3, 0.4) is 0 Å². The number of piperidine rings is 1. The minimum absolute atomic E-state index is 0.0777. The molecular formula is C25H22N2O3. The summed E-state index contributed by atoms with van der Waals surface area (Å²) >= 11 is 0. The molecule has 1 aromatic heterocycles. The van der Waals surface area contributed by atoms with Crippen molar-refractivity contribution in [3.05, 3.63) is 94.1 Å². The van der Waals surface area contributed by atoms with E-state index >= 15 is 0 Å². The second-order valence-electron chi connectivity index (χ2n) is 7.92. The molecule has 0 atom stereocenters. The number of benzene rings is 3. The molecule has 0 aliphatic carbocycles. The number of aliphatic hydroxyl groups is 1. The lowest BCUT2D eigenvalue weighted by Crippen LogP contribution is -2.45. The molecule has 2 heterocycles. The van der Waals surface area contributed by atoms with Gasteiger partial charge in [0.25, 0.3) is 5.91 Å². The highest BCUT2D eigenvalue weighted by Crippen LogP contribution is 2.33. The molecule has 5 rings (SSSR count). The third-order valence-corrected chi connectivity index (χ3v) is 6.16. The monoisotopic (exact) mass is 398 g/mol. The van der Waals surface area contributed by atoms with E-state index in [1.165, 1.54) is 0 Å². The standard InChI is InChI=1S/C25H22N2O3/c28-23-18-9-4-5-12-21(18)26-22-19(23)10-6-11-20(22)24(29)27-15-13-25(30,14-16-27)17-7-2-1-3-8-17/h1-12,30H,13-16H2,(H,26,28). The van der Waals surface area contributed by atoms with Crippen LogP contribution in [-0.2, 0) is 5.60 Å². The Labute approximate surface area is 173 Å². The summed E-state index contributed by atoms with van der Waals surface area (Å²) in [6, 6.07) is 22.2. The van der Waals surface area contributed by atoms with Crippen molar-refractivity contribution in [3.8, 4) is 0 Å². The van der Waals surface area contributed by atoms with Gasteiger partial charge in [-0.1, -0.05) is 48.5 Å². The summed E-state index contributed by atoms with van der Waals surface area (Å²) in [5.74, 6) is -0.123. The number of nitrogens with one attached hydrogen (secondary N) is 1. The molecule has 1 saturated heterocycles. The Kier molecular flexibility index (Phi) is 4.40. The average Bonchev–Trinajstić information content (AvgIpc) is 2.80. The second-order valence-corrected chi connectivity index (χ2v) is 7.92. The summed E-state index contributed by atoms with van der Waals surface area (Å²) in [5.41, 5.74) is 1.66. The number of para-hydroxylation sites is 2. The maximum Gasteiger partial charge on any atom is 0.255 e. The van der Waals surface area contributed by atoms with Crippen molar-refractivity contribution >= 4 is 27.7 Å². The van der Waals surface area contributed by atoms with Crippen molar-refractivity contribution in [2.45, 2.75) is 18.4 Å². The van der Waals surface area contributed by atoms with Gasteiger partial charge in [0, 0.05) is 29.4 Å². The van der Waals surface area contributed by atoms with Crippen LogP contribution in [0.2, 0.25) is 0 Å². The molecule has 0 unspecified atom stereocenters. The van der Waals surface area contributed by atoms with Crippen LogP contribution in [0.5, 0.6) is 0 Å². The maximum atomic E-state index is 13.3. The van der Waals surface area contributed by atoms with Crippen LogP contribution < -0.4 is 5.43 Å². The molecule has 4 aromatic rings. The first kappa shape index (κ1) is 18.6. The van der Waals surface area contributed by atoms with E-state index < -0.39 is 5.60 Å². The molecule has 2 N–H and O–H groups in total. The number of hydrogen-bond acceptors (Lipinski definition) is 3. The summed E-state index contributed by atoms with van der Waals surface area (Å²) in [5, 5.41) is 12.2. The molecular weight excluding hydrogens is 376 g/mol. The molecule has 5 heteroatoms. The van der Waals surface area contributed by atoms with Crippen LogP contribution in [0, 0.1) is 0 Å². The lowest BCUT2D eigenvalue weighted by molar-refractivity contribution is -0.0211. The molecule has 1 amide bonds. The first-order valence-electron chi connectivity index (χ1n) is 10.2. The molecule has 30 heavy (non-hydrogen) atoms. The number of carbonyl (C=O) groups is 1. The topological polar surface area (TPSA) is 73.4 Å². The number of amides is 1. The highest BCUT2D eigenvalue weighted by Gasteiger charge is 2.35. The molecule has 0 spiro atoms. The number of carbonyl (C=O) groups excluding carboxylic acids is 1. The number of pyridine rings is 1. The van der Waals surface area contributed by atoms with Crippen LogP contribution in [0.25, 0.3) is 21.8 Å². The number of likely N-dealkylation sites (tertiary alicyclic amines) is 1. The predicted octanol–water partition coefficient (Wildman–Crippen LogP) is 3.81. The summed E-state index contributed by atoms with van der Waals surface area (Å²) in [6.45, 7) is 0.914. The van der Waals surface area contributed by atoms with Crippen molar-refractivity contribution in [1.29, 1.82) is 0 Å². The number of fused-ring (bicyclic) bond motifs is 2. The molecule has 1 fully saturated rings. The molecule has 1 aliphatic heterocycles. The van der Waals surface area contributed by atoms with Gasteiger partial charge in [0.1, 0.15) is 0 Å². The third-order valence-electron chi connectivity index (χ3n) is 6.16. The van der Waals surface area contributed by atoms with Crippen LogP contribution in [0.1, 0.15) is 28.8 Å². The smallest absolute Gasteiger partial charge is 0.255 e. The Hall–Kier alpha value is -3.44. The fraction of sp³-hybridized carbons (Fsp3) is 0.200. The number of hydrogen-bond donors (Lipinski definition) is 2. The van der Waals surface area contributed by atoms with Crippen molar-refractivity contribution in [2.24, 2.45) is 0 Å². The lowest BCUT2D eigenvalue weighted by atomic mass is 9.84. The maximum absolute atomic E-state index is 13.3. The predicted molar refractivity (Wildman–Crippen MR) is 118 cm³/mol. The van der Waals surface area contributed by atoms with E-state index in [0.717, 1.165) is 5.56 Å². The van der Waals surface area contributed by atoms with Crippen LogP contribution >= 0.6 is 0 Å². The van der Waals surface area contributed by atoms with Gasteiger partial charge in [0.15, 0.2) is 5.43 Å². The lowest BCUT2D eigenvalue weighted by Gasteiger charge is -2.38. The zero-order valence-electron chi connectivity index (χ0n) is 16.5. The second kappa shape index (κ2) is 7.11. The first-order valence-corrected chi connectivity index (χ1v) is 10.2. The van der Waals surface area contributed by atoms with Gasteiger partial charge in [-0.05, 0) is 42.7 Å². The Morgan fingerprint density at radius 3 is 2.30 bits per heavy atom. The molecule has 150 valence electrons. The van der Waals surface area contributed by atoms with Crippen LogP contribution in [0.4, 0.5) is 0 Å². The highest BCUT2D eigenvalue weighted by molar-refractivity contribution is 6.07. The average molecular weight is 398 g/mol. The van der Waals surface area contributed by atoms with Crippen LogP contribution in [-0.4, -0.2) is 34.0 Å². The van der Waals surface area contributed by atoms with E-state index in [1.54, 1.807) is 29.2 Å². The number of aromatic amines is 1. The molecule has 0 saturated carbocycles. The van der Waals surface area contributed by atoms with Gasteiger partial charge in [-0.2, -0.15) is 0 Å². The fourth-order valence-corrected chi connectivity index (χ4v) is 4.41. The van der Waals surface area contributed by atoms with Crippen molar-refractivity contribution in [1.82, 2.24) is 9.88 Å². The SMILES string of the molecule is O=C(c1cccc2c(=O)c3ccccc3[nH]c12)N1CCC(O)(c2ccccc2)CC1. The minimum atomic E-state index is -0.915. The van der Waals surface area contributed by atoms with E-state index in [0.29, 0.717) is 53.3 Å². The molecule has 0 bridgehead atoms. The van der Waals surface area contributed by atoms with Crippen molar-refractivity contribution < 1.29 is 9.90 Å². The summed E-state index contributed by atoms with van der Waals surface area (Å²) in [6.07, 6.45) is 0.958. The molecule has 5 nitrogen and oxygen atoms in total. The molecule has 0 radical (unpaired) electrons. The fourth-order valence-electron chi connectivity index (χ4n) is 4.41. The first-order chi connectivity index (χ1) is 14.6. The van der Waals surface area contributed by atoms with Gasteiger partial charge < -0.3 is 15.0 Å². The minimum Gasteiger partial charge on any atom is -0.385 e. The van der Waals surface area contributed by atoms with Gasteiger partial charge in [0.2, 0.25) is 0 Å². The molecule has 3 aromatic carbocycles. The summed E-state index contributed by atoms with van der Waals surface area (Å²) < 4.78 is 0. The Bertz CT molecular complexity index is 1300. The van der Waals surface area contributed by atoms with E-state index in [4.69, 9.17) is 0 Å². The quantitative estimate of drug-likeness (QED) is 0.505. The zero-order valence-corrected chi connectivity index (χ0v) is 16.5. The number of H-pyrrole nitrogens is 1. The van der Waals surface area contributed by atoms with Gasteiger partial charge in [-0.25, -0.2) is 0 Å². The van der Waals surface area contributed by atoms with Gasteiger partial charge in [-0.3, -0.25) is 9.59 Å². The normalized spacial score (nSPS) is 16.1. The third kappa shape index (κ3) is 2.99. The van der Waals surface area contributed by atoms with Gasteiger partial charge in [-0.15, -0.1) is 0 Å². The Morgan fingerprint density at radius 1 is 0.867 bits per heavy atom. The molecule has 1 aliphatic rings. The van der Waals surface area contributed by atoms with Crippen LogP contribution in [0.15, 0.2) is 77.6 Å². The van der Waals surface area contributed by atoms with E-state index in [-0.39, 0.29) is 11.3 Å². The van der Waals surface area contributed by atoms with E-state index in [9.17, 15) is 14.7 Å². The Morgan fingerprint density at radius 2 is 1.53 bits per heavy atom. The van der Waals surface area contributed by atoms with E-state index in [1.807, 2.05) is 48.5 Å². The zero-order chi connectivity index (χ0) is 20.7. The number of aromatic nitrogens is 1. The number of nitrogens with zero attached hydrogens (tertiary/aromatic N) is 1. The summed E-state index contributed by atoms with van der Waals surface area (Å²) in [4.78, 5) is 31.3. The van der Waals surface area contributed by atoms with Gasteiger partial charge in [0.05, 0.1) is 16.7 Å². The largest absolute Gasteiger partial charge is 0.385 e. The van der Waals surface area contributed by atoms with Crippen molar-refractivity contribution in [3.63, 3.8) is 0 Å². The van der Waals surface area contributed by atoms with Gasteiger partial charge >= 0.3 is 0 Å². The van der Waals surface area contributed by atoms with Crippen molar-refractivity contribution in [2.75, 3.05) is 13.1 Å². The Balaban J connectivity index is 1.48. The number of rotatable bonds is 2. The highest BCUT2D eigenvalue weighted by atomic mass is 16.3. The summed E-state index contributed by atoms with van der Waals surface area (Å²) in [7, 11) is 0.